The summed E-state index contributed by atoms with van der Waals surface area (Å²) in [7, 11) is 1.67. The number of benzene rings is 1. The second-order valence-electron chi connectivity index (χ2n) is 6.31. The summed E-state index contributed by atoms with van der Waals surface area (Å²) in [6.45, 7) is 5.82. The van der Waals surface area contributed by atoms with Crippen LogP contribution in [0.15, 0.2) is 24.3 Å². The Morgan fingerprint density at radius 2 is 2.28 bits per heavy atom. The van der Waals surface area contributed by atoms with E-state index in [-0.39, 0.29) is 12.0 Å². The largest absolute Gasteiger partial charge is 0.497 e. The van der Waals surface area contributed by atoms with Crippen LogP contribution in [0.2, 0.25) is 0 Å². The molecule has 1 aliphatic rings. The molecule has 0 radical (unpaired) electrons. The minimum Gasteiger partial charge on any atom is -0.497 e. The summed E-state index contributed by atoms with van der Waals surface area (Å²) >= 11 is 1.61. The van der Waals surface area contributed by atoms with Gasteiger partial charge in [0.15, 0.2) is 0 Å². The Labute approximate surface area is 152 Å². The maximum absolute atomic E-state index is 12.7. The Morgan fingerprint density at radius 1 is 1.44 bits per heavy atom. The first kappa shape index (κ1) is 17.9. The average Bonchev–Trinajstić information content (AvgIpc) is 2.92. The maximum atomic E-state index is 12.7. The number of hydrogen-bond acceptors (Lipinski definition) is 5. The summed E-state index contributed by atoms with van der Waals surface area (Å²) in [5.74, 6) is 1.00. The maximum Gasteiger partial charge on any atom is 0.228 e. The Bertz CT molecular complexity index is 744. The highest BCUT2D eigenvalue weighted by Crippen LogP contribution is 2.20. The minimum atomic E-state index is 0.0223. The molecule has 2 aromatic rings. The highest BCUT2D eigenvalue weighted by molar-refractivity contribution is 7.11. The fourth-order valence-electron chi connectivity index (χ4n) is 3.12. The first-order chi connectivity index (χ1) is 12.0. The number of aromatic nitrogens is 1. The quantitative estimate of drug-likeness (QED) is 0.823. The third-order valence-electron chi connectivity index (χ3n) is 4.40. The molecule has 1 atom stereocenters. The van der Waals surface area contributed by atoms with E-state index in [9.17, 15) is 4.79 Å². The van der Waals surface area contributed by atoms with Crippen molar-refractivity contribution in [1.29, 1.82) is 0 Å². The predicted octanol–water partition coefficient (Wildman–Crippen LogP) is 2.78. The SMILES string of the molecule is COc1cccc(C[C@H]2CN(C(=O)Cc3sc(C)nc3C)CCO2)c1. The van der Waals surface area contributed by atoms with Crippen LogP contribution in [0.4, 0.5) is 0 Å². The van der Waals surface area contributed by atoms with Gasteiger partial charge in [0, 0.05) is 24.4 Å². The molecule has 0 unspecified atom stereocenters. The first-order valence-electron chi connectivity index (χ1n) is 8.50. The molecule has 1 fully saturated rings. The molecule has 0 bridgehead atoms. The molecule has 0 saturated carbocycles. The number of carbonyl (C=O) groups is 1. The van der Waals surface area contributed by atoms with Gasteiger partial charge in [-0.2, -0.15) is 0 Å². The van der Waals surface area contributed by atoms with Gasteiger partial charge in [0.05, 0.1) is 36.9 Å². The van der Waals surface area contributed by atoms with Crippen LogP contribution in [0.25, 0.3) is 0 Å². The summed E-state index contributed by atoms with van der Waals surface area (Å²) in [6.07, 6.45) is 1.23. The van der Waals surface area contributed by atoms with E-state index in [2.05, 4.69) is 11.1 Å². The van der Waals surface area contributed by atoms with Crippen LogP contribution in [0.1, 0.15) is 21.1 Å². The van der Waals surface area contributed by atoms with Crippen molar-refractivity contribution in [2.75, 3.05) is 26.8 Å². The molecule has 6 heteroatoms. The van der Waals surface area contributed by atoms with E-state index in [0.29, 0.717) is 26.1 Å². The number of ether oxygens (including phenoxy) is 2. The van der Waals surface area contributed by atoms with Crippen molar-refractivity contribution in [2.24, 2.45) is 0 Å². The number of morpholine rings is 1. The molecule has 0 spiro atoms. The Hall–Kier alpha value is -1.92. The smallest absolute Gasteiger partial charge is 0.228 e. The van der Waals surface area contributed by atoms with Crippen LogP contribution in [-0.2, 0) is 22.4 Å². The van der Waals surface area contributed by atoms with Gasteiger partial charge in [-0.15, -0.1) is 11.3 Å². The molecule has 1 aromatic carbocycles. The zero-order valence-corrected chi connectivity index (χ0v) is 15.8. The third kappa shape index (κ3) is 4.58. The van der Waals surface area contributed by atoms with Crippen LogP contribution in [0.5, 0.6) is 5.75 Å². The summed E-state index contributed by atoms with van der Waals surface area (Å²) in [4.78, 5) is 20.1. The fourth-order valence-corrected chi connectivity index (χ4v) is 4.05. The van der Waals surface area contributed by atoms with Crippen LogP contribution in [0, 0.1) is 13.8 Å². The third-order valence-corrected chi connectivity index (χ3v) is 5.47. The van der Waals surface area contributed by atoms with Gasteiger partial charge in [0.2, 0.25) is 5.91 Å². The molecule has 5 nitrogen and oxygen atoms in total. The summed E-state index contributed by atoms with van der Waals surface area (Å²) in [5, 5.41) is 1.01. The van der Waals surface area contributed by atoms with Crippen LogP contribution < -0.4 is 4.74 Å². The minimum absolute atomic E-state index is 0.0223. The van der Waals surface area contributed by atoms with Crippen molar-refractivity contribution in [3.05, 3.63) is 45.4 Å². The molecule has 134 valence electrons. The Kier molecular flexibility index (Phi) is 5.71. The summed E-state index contributed by atoms with van der Waals surface area (Å²) in [6, 6.07) is 8.00. The van der Waals surface area contributed by atoms with E-state index in [0.717, 1.165) is 33.3 Å². The molecule has 0 N–H and O–H groups in total. The molecule has 25 heavy (non-hydrogen) atoms. The van der Waals surface area contributed by atoms with Gasteiger partial charge >= 0.3 is 0 Å². The molecular weight excluding hydrogens is 336 g/mol. The summed E-state index contributed by atoms with van der Waals surface area (Å²) in [5.41, 5.74) is 2.13. The number of nitrogens with zero attached hydrogens (tertiary/aromatic N) is 2. The number of rotatable bonds is 5. The second kappa shape index (κ2) is 7.97. The molecule has 0 aliphatic carbocycles. The molecule has 1 saturated heterocycles. The lowest BCUT2D eigenvalue weighted by molar-refractivity contribution is -0.137. The highest BCUT2D eigenvalue weighted by Gasteiger charge is 2.25. The van der Waals surface area contributed by atoms with E-state index < -0.39 is 0 Å². The van der Waals surface area contributed by atoms with Gasteiger partial charge < -0.3 is 14.4 Å². The number of amides is 1. The van der Waals surface area contributed by atoms with Gasteiger partial charge in [0.1, 0.15) is 5.75 Å². The topological polar surface area (TPSA) is 51.7 Å². The normalized spacial score (nSPS) is 17.6. The molecule has 3 rings (SSSR count). The highest BCUT2D eigenvalue weighted by atomic mass is 32.1. The van der Waals surface area contributed by atoms with E-state index in [1.54, 1.807) is 18.4 Å². The molecule has 1 aliphatic heterocycles. The van der Waals surface area contributed by atoms with E-state index in [1.807, 2.05) is 36.9 Å². The Morgan fingerprint density at radius 3 is 3.00 bits per heavy atom. The van der Waals surface area contributed by atoms with Gasteiger partial charge in [-0.3, -0.25) is 4.79 Å². The van der Waals surface area contributed by atoms with Crippen LogP contribution >= 0.6 is 11.3 Å². The van der Waals surface area contributed by atoms with E-state index in [4.69, 9.17) is 9.47 Å². The van der Waals surface area contributed by atoms with Crippen molar-refractivity contribution in [2.45, 2.75) is 32.8 Å². The molecular formula is C19H24N2O3S. The van der Waals surface area contributed by atoms with Gasteiger partial charge in [-0.05, 0) is 31.5 Å². The summed E-state index contributed by atoms with van der Waals surface area (Å²) < 4.78 is 11.1. The number of aryl methyl sites for hydroxylation is 2. The number of methoxy groups -OCH3 is 1. The first-order valence-corrected chi connectivity index (χ1v) is 9.32. The standard InChI is InChI=1S/C19H24N2O3S/c1-13-18(25-14(2)20-13)11-19(22)21-7-8-24-17(12-21)10-15-5-4-6-16(9-15)23-3/h4-6,9,17H,7-8,10-12H2,1-3H3/t17-/m0/s1. The number of hydrogen-bond donors (Lipinski definition) is 0. The molecule has 2 heterocycles. The van der Waals surface area contributed by atoms with Gasteiger partial charge in [-0.1, -0.05) is 12.1 Å². The molecule has 1 aromatic heterocycles. The van der Waals surface area contributed by atoms with E-state index >= 15 is 0 Å². The molecule has 1 amide bonds. The van der Waals surface area contributed by atoms with Crippen molar-refractivity contribution < 1.29 is 14.3 Å². The van der Waals surface area contributed by atoms with Crippen LogP contribution in [0.3, 0.4) is 0 Å². The van der Waals surface area contributed by atoms with Gasteiger partial charge in [-0.25, -0.2) is 4.98 Å². The predicted molar refractivity (Wildman–Crippen MR) is 98.3 cm³/mol. The van der Waals surface area contributed by atoms with Crippen molar-refractivity contribution >= 4 is 17.2 Å². The zero-order valence-electron chi connectivity index (χ0n) is 14.9. The fraction of sp³-hybridized carbons (Fsp3) is 0.474. The van der Waals surface area contributed by atoms with Crippen LogP contribution in [-0.4, -0.2) is 48.7 Å². The van der Waals surface area contributed by atoms with Crippen molar-refractivity contribution in [1.82, 2.24) is 9.88 Å². The average molecular weight is 360 g/mol. The lowest BCUT2D eigenvalue weighted by atomic mass is 10.1. The Balaban J connectivity index is 1.60. The lowest BCUT2D eigenvalue weighted by Gasteiger charge is -2.33. The number of carbonyl (C=O) groups excluding carboxylic acids is 1. The van der Waals surface area contributed by atoms with E-state index in [1.165, 1.54) is 0 Å². The number of thiazole rings is 1. The zero-order chi connectivity index (χ0) is 17.8. The van der Waals surface area contributed by atoms with Crippen molar-refractivity contribution in [3.8, 4) is 5.75 Å². The second-order valence-corrected chi connectivity index (χ2v) is 7.59. The van der Waals surface area contributed by atoms with Gasteiger partial charge in [0.25, 0.3) is 0 Å². The van der Waals surface area contributed by atoms with Crippen molar-refractivity contribution in [3.63, 3.8) is 0 Å². The lowest BCUT2D eigenvalue weighted by Crippen LogP contribution is -2.46. The monoisotopic (exact) mass is 360 g/mol.